The molecule has 3 heterocycles. The predicted molar refractivity (Wildman–Crippen MR) is 81.7 cm³/mol. The molecule has 3 rings (SSSR count). The third-order valence-electron chi connectivity index (χ3n) is 3.55. The van der Waals surface area contributed by atoms with E-state index in [0.29, 0.717) is 0 Å². The summed E-state index contributed by atoms with van der Waals surface area (Å²) in [6.45, 7) is 3.31. The Balaban J connectivity index is 1.73. The van der Waals surface area contributed by atoms with E-state index in [4.69, 9.17) is 11.1 Å². The summed E-state index contributed by atoms with van der Waals surface area (Å²) in [5, 5.41) is 7.66. The molecule has 0 amide bonds. The lowest BCUT2D eigenvalue weighted by Gasteiger charge is -2.36. The van der Waals surface area contributed by atoms with Crippen LogP contribution in [0.5, 0.6) is 0 Å². The molecule has 1 aliphatic heterocycles. The summed E-state index contributed by atoms with van der Waals surface area (Å²) in [6.07, 6.45) is 6.94. The maximum absolute atomic E-state index is 7.66. The van der Waals surface area contributed by atoms with Crippen molar-refractivity contribution in [2.45, 2.75) is 0 Å². The maximum Gasteiger partial charge on any atom is 0.225 e. The molecule has 0 atom stereocenters. The summed E-state index contributed by atoms with van der Waals surface area (Å²) >= 11 is 0. The van der Waals surface area contributed by atoms with E-state index >= 15 is 0 Å². The topological polar surface area (TPSA) is 95.0 Å². The Morgan fingerprint density at radius 3 is 2.38 bits per heavy atom. The molecule has 0 unspecified atom stereocenters. The Morgan fingerprint density at radius 2 is 1.71 bits per heavy atom. The molecular weight excluding hydrogens is 266 g/mol. The Morgan fingerprint density at radius 1 is 1.05 bits per heavy atom. The number of hydrogen-bond acceptors (Lipinski definition) is 6. The third-order valence-corrected chi connectivity index (χ3v) is 3.55. The molecular formula is C14H17N7. The number of aromatic nitrogens is 3. The van der Waals surface area contributed by atoms with E-state index in [1.165, 1.54) is 0 Å². The second-order valence-corrected chi connectivity index (χ2v) is 4.83. The number of nitrogens with one attached hydrogen (secondary N) is 1. The van der Waals surface area contributed by atoms with Crippen LogP contribution in [0.15, 0.2) is 36.9 Å². The minimum absolute atomic E-state index is 0.0706. The number of nitrogens with zero attached hydrogens (tertiary/aromatic N) is 5. The van der Waals surface area contributed by atoms with Gasteiger partial charge in [-0.25, -0.2) is 9.97 Å². The summed E-state index contributed by atoms with van der Waals surface area (Å²) in [7, 11) is 0. The van der Waals surface area contributed by atoms with Crippen LogP contribution in [-0.2, 0) is 0 Å². The van der Waals surface area contributed by atoms with Crippen LogP contribution >= 0.6 is 0 Å². The van der Waals surface area contributed by atoms with E-state index < -0.39 is 0 Å². The highest BCUT2D eigenvalue weighted by Gasteiger charge is 2.21. The minimum Gasteiger partial charge on any atom is -0.384 e. The zero-order chi connectivity index (χ0) is 14.7. The Kier molecular flexibility index (Phi) is 3.63. The van der Waals surface area contributed by atoms with Crippen LogP contribution in [0.4, 0.5) is 11.6 Å². The quantitative estimate of drug-likeness (QED) is 0.628. The van der Waals surface area contributed by atoms with Crippen molar-refractivity contribution in [3.05, 3.63) is 42.5 Å². The molecule has 2 aromatic rings. The molecule has 0 aliphatic carbocycles. The number of rotatable bonds is 3. The minimum atomic E-state index is 0.0706. The van der Waals surface area contributed by atoms with E-state index in [2.05, 4.69) is 24.8 Å². The lowest BCUT2D eigenvalue weighted by atomic mass is 10.1. The molecule has 3 N–H and O–H groups in total. The first-order valence-corrected chi connectivity index (χ1v) is 6.81. The number of hydrogen-bond donors (Lipinski definition) is 2. The van der Waals surface area contributed by atoms with E-state index in [9.17, 15) is 0 Å². The Hall–Kier alpha value is -2.70. The average molecular weight is 283 g/mol. The van der Waals surface area contributed by atoms with Gasteiger partial charge in [-0.3, -0.25) is 10.4 Å². The predicted octanol–water partition coefficient (Wildman–Crippen LogP) is 0.482. The molecule has 1 fully saturated rings. The number of nitrogens with two attached hydrogens (primary N) is 1. The van der Waals surface area contributed by atoms with Gasteiger partial charge in [-0.1, -0.05) is 0 Å². The SMILES string of the molecule is N=C(N)c1ccncc1N1CCN(c2ncccn2)CC1. The van der Waals surface area contributed by atoms with Crippen molar-refractivity contribution in [1.82, 2.24) is 15.0 Å². The van der Waals surface area contributed by atoms with Crippen LogP contribution in [0.25, 0.3) is 0 Å². The van der Waals surface area contributed by atoms with Crippen LogP contribution < -0.4 is 15.5 Å². The number of anilines is 2. The molecule has 21 heavy (non-hydrogen) atoms. The van der Waals surface area contributed by atoms with Gasteiger partial charge >= 0.3 is 0 Å². The first kappa shape index (κ1) is 13.3. The van der Waals surface area contributed by atoms with Gasteiger partial charge in [0.05, 0.1) is 11.9 Å². The van der Waals surface area contributed by atoms with Crippen molar-refractivity contribution < 1.29 is 0 Å². The van der Waals surface area contributed by atoms with Crippen LogP contribution in [0.2, 0.25) is 0 Å². The van der Waals surface area contributed by atoms with Gasteiger partial charge in [-0.15, -0.1) is 0 Å². The summed E-state index contributed by atoms with van der Waals surface area (Å²) in [5.41, 5.74) is 7.28. The summed E-state index contributed by atoms with van der Waals surface area (Å²) in [6, 6.07) is 3.60. The lowest BCUT2D eigenvalue weighted by Crippen LogP contribution is -2.47. The van der Waals surface area contributed by atoms with Crippen molar-refractivity contribution in [3.63, 3.8) is 0 Å². The van der Waals surface area contributed by atoms with E-state index in [1.807, 2.05) is 6.07 Å². The van der Waals surface area contributed by atoms with Crippen LogP contribution in [0.1, 0.15) is 5.56 Å². The van der Waals surface area contributed by atoms with Gasteiger partial charge in [-0.05, 0) is 12.1 Å². The van der Waals surface area contributed by atoms with Gasteiger partial charge in [0.2, 0.25) is 5.95 Å². The molecule has 7 heteroatoms. The largest absolute Gasteiger partial charge is 0.384 e. The highest BCUT2D eigenvalue weighted by atomic mass is 15.3. The maximum atomic E-state index is 7.66. The molecule has 0 aromatic carbocycles. The highest BCUT2D eigenvalue weighted by molar-refractivity contribution is 6.00. The van der Waals surface area contributed by atoms with Gasteiger partial charge < -0.3 is 15.5 Å². The Bertz CT molecular complexity index is 620. The van der Waals surface area contributed by atoms with Gasteiger partial charge in [0, 0.05) is 50.3 Å². The second-order valence-electron chi connectivity index (χ2n) is 4.83. The fourth-order valence-corrected chi connectivity index (χ4v) is 2.47. The van der Waals surface area contributed by atoms with Crippen LogP contribution in [0, 0.1) is 5.41 Å². The van der Waals surface area contributed by atoms with Gasteiger partial charge in [0.15, 0.2) is 0 Å². The number of piperazine rings is 1. The zero-order valence-electron chi connectivity index (χ0n) is 11.6. The summed E-state index contributed by atoms with van der Waals surface area (Å²) in [4.78, 5) is 17.1. The molecule has 2 aromatic heterocycles. The molecule has 1 saturated heterocycles. The number of amidine groups is 1. The summed E-state index contributed by atoms with van der Waals surface area (Å²) < 4.78 is 0. The van der Waals surface area contributed by atoms with Crippen molar-refractivity contribution in [3.8, 4) is 0 Å². The molecule has 0 spiro atoms. The second kappa shape index (κ2) is 5.74. The third kappa shape index (κ3) is 2.76. The first-order valence-electron chi connectivity index (χ1n) is 6.81. The van der Waals surface area contributed by atoms with E-state index in [0.717, 1.165) is 43.4 Å². The normalized spacial score (nSPS) is 15.0. The van der Waals surface area contributed by atoms with Crippen LogP contribution in [-0.4, -0.2) is 47.0 Å². The fourth-order valence-electron chi connectivity index (χ4n) is 2.47. The van der Waals surface area contributed by atoms with E-state index in [-0.39, 0.29) is 5.84 Å². The molecule has 1 aliphatic rings. The smallest absolute Gasteiger partial charge is 0.225 e. The van der Waals surface area contributed by atoms with Crippen molar-refractivity contribution in [2.75, 3.05) is 36.0 Å². The molecule has 108 valence electrons. The van der Waals surface area contributed by atoms with Crippen molar-refractivity contribution >= 4 is 17.5 Å². The summed E-state index contributed by atoms with van der Waals surface area (Å²) in [5.74, 6) is 0.830. The molecule has 0 saturated carbocycles. The lowest BCUT2D eigenvalue weighted by molar-refractivity contribution is 0.639. The molecule has 0 radical (unpaired) electrons. The zero-order valence-corrected chi connectivity index (χ0v) is 11.6. The average Bonchev–Trinajstić information content (AvgIpc) is 2.56. The first-order chi connectivity index (χ1) is 10.3. The monoisotopic (exact) mass is 283 g/mol. The van der Waals surface area contributed by atoms with Gasteiger partial charge in [0.25, 0.3) is 0 Å². The fraction of sp³-hybridized carbons (Fsp3) is 0.286. The molecule has 0 bridgehead atoms. The van der Waals surface area contributed by atoms with Crippen LogP contribution in [0.3, 0.4) is 0 Å². The van der Waals surface area contributed by atoms with Crippen molar-refractivity contribution in [1.29, 1.82) is 5.41 Å². The Labute approximate surface area is 123 Å². The number of pyridine rings is 1. The molecule has 7 nitrogen and oxygen atoms in total. The van der Waals surface area contributed by atoms with Gasteiger partial charge in [-0.2, -0.15) is 0 Å². The van der Waals surface area contributed by atoms with E-state index in [1.54, 1.807) is 30.9 Å². The highest BCUT2D eigenvalue weighted by Crippen LogP contribution is 2.21. The van der Waals surface area contributed by atoms with Gasteiger partial charge in [0.1, 0.15) is 5.84 Å². The number of nitrogen functional groups attached to an aromatic ring is 1. The standard InChI is InChI=1S/C14H17N7/c15-13(16)11-2-5-17-10-12(11)20-6-8-21(9-7-20)14-18-3-1-4-19-14/h1-5,10H,6-9H2,(H3,15,16). The van der Waals surface area contributed by atoms with Crippen molar-refractivity contribution in [2.24, 2.45) is 5.73 Å².